The third kappa shape index (κ3) is 5.11. The Morgan fingerprint density at radius 3 is 2.63 bits per heavy atom. The molecule has 6 nitrogen and oxygen atoms in total. The van der Waals surface area contributed by atoms with Gasteiger partial charge >= 0.3 is 0 Å². The second-order valence-corrected chi connectivity index (χ2v) is 5.00. The zero-order valence-electron chi connectivity index (χ0n) is 12.1. The van der Waals surface area contributed by atoms with E-state index in [0.29, 0.717) is 42.9 Å². The molecule has 1 heterocycles. The van der Waals surface area contributed by atoms with Gasteiger partial charge in [-0.2, -0.15) is 0 Å². The van der Waals surface area contributed by atoms with E-state index >= 15 is 0 Å². The first kappa shape index (κ1) is 15.2. The Morgan fingerprint density at radius 1 is 1.32 bits per heavy atom. The number of carbonyl (C=O) groups excluding carboxylic acids is 1. The molecule has 0 saturated heterocycles. The summed E-state index contributed by atoms with van der Waals surface area (Å²) in [4.78, 5) is 19.9. The van der Waals surface area contributed by atoms with E-state index in [2.05, 4.69) is 34.4 Å². The molecule has 0 unspecified atom stereocenters. The van der Waals surface area contributed by atoms with Crippen LogP contribution < -0.4 is 16.4 Å². The zero-order chi connectivity index (χ0) is 14.4. The Hall–Kier alpha value is -1.85. The van der Waals surface area contributed by atoms with Crippen molar-refractivity contribution < 1.29 is 4.79 Å². The molecule has 0 aromatic carbocycles. The van der Waals surface area contributed by atoms with Crippen molar-refractivity contribution in [3.05, 3.63) is 11.4 Å². The molecule has 0 atom stereocenters. The minimum Gasteiger partial charge on any atom is -0.383 e. The number of nitrogen functional groups attached to an aromatic ring is 1. The minimum atomic E-state index is 0.0394. The number of aryl methyl sites for hydroxylation is 1. The highest BCUT2D eigenvalue weighted by Crippen LogP contribution is 2.16. The normalized spacial score (nSPS) is 10.6. The quantitative estimate of drug-likeness (QED) is 0.720. The highest BCUT2D eigenvalue weighted by Gasteiger charge is 2.07. The van der Waals surface area contributed by atoms with Crippen LogP contribution in [0.4, 0.5) is 11.6 Å². The minimum absolute atomic E-state index is 0.0394. The smallest absolute Gasteiger partial charge is 0.221 e. The van der Waals surface area contributed by atoms with Gasteiger partial charge in [0.05, 0.1) is 0 Å². The van der Waals surface area contributed by atoms with Gasteiger partial charge in [-0.25, -0.2) is 9.97 Å². The lowest BCUT2D eigenvalue weighted by molar-refractivity contribution is -0.120. The second kappa shape index (κ2) is 6.92. The Balaban J connectivity index is 2.43. The van der Waals surface area contributed by atoms with E-state index in [4.69, 9.17) is 5.73 Å². The van der Waals surface area contributed by atoms with Crippen molar-refractivity contribution in [2.75, 3.05) is 24.1 Å². The largest absolute Gasteiger partial charge is 0.383 e. The molecule has 0 radical (unpaired) electrons. The summed E-state index contributed by atoms with van der Waals surface area (Å²) in [7, 11) is 0. The molecule has 0 aliphatic rings. The van der Waals surface area contributed by atoms with Gasteiger partial charge in [0.25, 0.3) is 0 Å². The Kier molecular flexibility index (Phi) is 5.54. The van der Waals surface area contributed by atoms with E-state index in [1.54, 1.807) is 6.92 Å². The number of nitrogens with zero attached hydrogens (tertiary/aromatic N) is 2. The third-order valence-electron chi connectivity index (χ3n) is 2.65. The summed E-state index contributed by atoms with van der Waals surface area (Å²) in [5.41, 5.74) is 6.58. The van der Waals surface area contributed by atoms with Crippen LogP contribution in [0.5, 0.6) is 0 Å². The molecule has 0 fully saturated rings. The van der Waals surface area contributed by atoms with Gasteiger partial charge in [0, 0.05) is 25.1 Å². The Morgan fingerprint density at radius 2 is 2.00 bits per heavy atom. The predicted molar refractivity (Wildman–Crippen MR) is 76.9 cm³/mol. The van der Waals surface area contributed by atoms with E-state index < -0.39 is 0 Å². The first-order valence-corrected chi connectivity index (χ1v) is 6.51. The molecule has 19 heavy (non-hydrogen) atoms. The van der Waals surface area contributed by atoms with Crippen LogP contribution in [0.3, 0.4) is 0 Å². The van der Waals surface area contributed by atoms with Crippen LogP contribution in [0, 0.1) is 19.8 Å². The number of carbonyl (C=O) groups is 1. The van der Waals surface area contributed by atoms with Crippen molar-refractivity contribution in [3.8, 4) is 0 Å². The molecule has 6 heteroatoms. The summed E-state index contributed by atoms with van der Waals surface area (Å²) in [5.74, 6) is 2.29. The van der Waals surface area contributed by atoms with Gasteiger partial charge < -0.3 is 16.4 Å². The van der Waals surface area contributed by atoms with Gasteiger partial charge in [-0.1, -0.05) is 13.8 Å². The number of hydrogen-bond donors (Lipinski definition) is 3. The second-order valence-electron chi connectivity index (χ2n) is 5.00. The van der Waals surface area contributed by atoms with Crippen molar-refractivity contribution >= 4 is 17.5 Å². The lowest BCUT2D eigenvalue weighted by Crippen LogP contribution is -2.28. The molecule has 1 aromatic rings. The topological polar surface area (TPSA) is 92.9 Å². The fraction of sp³-hybridized carbons (Fsp3) is 0.615. The summed E-state index contributed by atoms with van der Waals surface area (Å²) in [5, 5.41) is 5.99. The highest BCUT2D eigenvalue weighted by atomic mass is 16.1. The van der Waals surface area contributed by atoms with Crippen LogP contribution >= 0.6 is 0 Å². The van der Waals surface area contributed by atoms with Crippen molar-refractivity contribution in [1.29, 1.82) is 0 Å². The standard InChI is InChI=1S/C13H23N5O/c1-8(2)7-16-11(19)5-6-15-13-9(3)12(14)17-10(4)18-13/h8H,5-7H2,1-4H3,(H,16,19)(H3,14,15,17,18). The predicted octanol–water partition coefficient (Wildman–Crippen LogP) is 1.25. The molecule has 0 saturated carbocycles. The first-order valence-electron chi connectivity index (χ1n) is 6.51. The van der Waals surface area contributed by atoms with Crippen molar-refractivity contribution in [2.45, 2.75) is 34.1 Å². The monoisotopic (exact) mass is 265 g/mol. The average Bonchev–Trinajstić information content (AvgIpc) is 2.32. The fourth-order valence-corrected chi connectivity index (χ4v) is 1.52. The number of hydrogen-bond acceptors (Lipinski definition) is 5. The van der Waals surface area contributed by atoms with E-state index in [9.17, 15) is 4.79 Å². The molecule has 106 valence electrons. The SMILES string of the molecule is Cc1nc(N)c(C)c(NCCC(=O)NCC(C)C)n1. The fourth-order valence-electron chi connectivity index (χ4n) is 1.52. The Labute approximate surface area is 114 Å². The summed E-state index contributed by atoms with van der Waals surface area (Å²) in [6.45, 7) is 9.01. The van der Waals surface area contributed by atoms with Gasteiger partial charge in [0.15, 0.2) is 0 Å². The van der Waals surface area contributed by atoms with Gasteiger partial charge in [-0.3, -0.25) is 4.79 Å². The first-order chi connectivity index (χ1) is 8.90. The molecule has 0 aliphatic heterocycles. The van der Waals surface area contributed by atoms with Crippen LogP contribution in [0.2, 0.25) is 0 Å². The maximum Gasteiger partial charge on any atom is 0.221 e. The molecule has 1 rings (SSSR count). The van der Waals surface area contributed by atoms with Crippen LogP contribution in [-0.2, 0) is 4.79 Å². The number of nitrogens with one attached hydrogen (secondary N) is 2. The molecule has 1 aromatic heterocycles. The maximum absolute atomic E-state index is 11.5. The van der Waals surface area contributed by atoms with Gasteiger partial charge in [0.2, 0.25) is 5.91 Å². The van der Waals surface area contributed by atoms with Crippen LogP contribution in [-0.4, -0.2) is 29.0 Å². The lowest BCUT2D eigenvalue weighted by atomic mass is 10.2. The number of nitrogens with two attached hydrogens (primary N) is 1. The van der Waals surface area contributed by atoms with Crippen LogP contribution in [0.15, 0.2) is 0 Å². The molecular weight excluding hydrogens is 242 g/mol. The third-order valence-corrected chi connectivity index (χ3v) is 2.65. The molecule has 4 N–H and O–H groups in total. The molecule has 1 amide bonds. The van der Waals surface area contributed by atoms with E-state index in [1.165, 1.54) is 0 Å². The van der Waals surface area contributed by atoms with Crippen molar-refractivity contribution in [1.82, 2.24) is 15.3 Å². The molecule has 0 aliphatic carbocycles. The molecule has 0 bridgehead atoms. The number of rotatable bonds is 6. The van der Waals surface area contributed by atoms with Crippen molar-refractivity contribution in [2.24, 2.45) is 5.92 Å². The summed E-state index contributed by atoms with van der Waals surface area (Å²) >= 11 is 0. The van der Waals surface area contributed by atoms with Gasteiger partial charge in [0.1, 0.15) is 17.5 Å². The number of amides is 1. The molecular formula is C13H23N5O. The zero-order valence-corrected chi connectivity index (χ0v) is 12.1. The average molecular weight is 265 g/mol. The summed E-state index contributed by atoms with van der Waals surface area (Å²) in [6.07, 6.45) is 0.412. The van der Waals surface area contributed by atoms with Crippen LogP contribution in [0.25, 0.3) is 0 Å². The highest BCUT2D eigenvalue weighted by molar-refractivity contribution is 5.76. The number of anilines is 2. The summed E-state index contributed by atoms with van der Waals surface area (Å²) in [6, 6.07) is 0. The Bertz CT molecular complexity index is 445. The van der Waals surface area contributed by atoms with Gasteiger partial charge in [-0.15, -0.1) is 0 Å². The maximum atomic E-state index is 11.5. The van der Waals surface area contributed by atoms with Gasteiger partial charge in [-0.05, 0) is 19.8 Å². The van der Waals surface area contributed by atoms with E-state index in [-0.39, 0.29) is 5.91 Å². The van der Waals surface area contributed by atoms with E-state index in [0.717, 1.165) is 5.56 Å². The van der Waals surface area contributed by atoms with Crippen LogP contribution in [0.1, 0.15) is 31.7 Å². The molecule has 0 spiro atoms. The lowest BCUT2D eigenvalue weighted by Gasteiger charge is -2.11. The van der Waals surface area contributed by atoms with Crippen molar-refractivity contribution in [3.63, 3.8) is 0 Å². The summed E-state index contributed by atoms with van der Waals surface area (Å²) < 4.78 is 0. The number of aromatic nitrogens is 2. The van der Waals surface area contributed by atoms with E-state index in [1.807, 2.05) is 6.92 Å².